The van der Waals surface area contributed by atoms with E-state index < -0.39 is 5.82 Å². The van der Waals surface area contributed by atoms with Gasteiger partial charge in [0, 0.05) is 19.6 Å². The fraction of sp³-hybridized carbons (Fsp3) is 0.529. The summed E-state index contributed by atoms with van der Waals surface area (Å²) in [6.07, 6.45) is 3.54. The van der Waals surface area contributed by atoms with Gasteiger partial charge in [-0.3, -0.25) is 0 Å². The minimum atomic E-state index is -0.561. The molecule has 124 valence electrons. The Morgan fingerprint density at radius 3 is 3.00 bits per heavy atom. The highest BCUT2D eigenvalue weighted by atomic mass is 19.1. The zero-order valence-electron chi connectivity index (χ0n) is 13.4. The SMILES string of the molecule is CN1CCCCC(CNC(=O)NCc2ccc(C#N)c(F)c2)C1. The van der Waals surface area contributed by atoms with E-state index in [1.807, 2.05) is 0 Å². The Labute approximate surface area is 136 Å². The monoisotopic (exact) mass is 318 g/mol. The van der Waals surface area contributed by atoms with Gasteiger partial charge in [-0.1, -0.05) is 12.5 Å². The van der Waals surface area contributed by atoms with Crippen molar-refractivity contribution in [3.05, 3.63) is 35.1 Å². The minimum absolute atomic E-state index is 0.00989. The molecule has 0 spiro atoms. The van der Waals surface area contributed by atoms with Crippen molar-refractivity contribution < 1.29 is 9.18 Å². The lowest BCUT2D eigenvalue weighted by Crippen LogP contribution is -2.39. The number of carbonyl (C=O) groups is 1. The van der Waals surface area contributed by atoms with Crippen LogP contribution in [0.3, 0.4) is 0 Å². The molecule has 0 aliphatic carbocycles. The van der Waals surface area contributed by atoms with Crippen molar-refractivity contribution in [3.8, 4) is 6.07 Å². The fourth-order valence-corrected chi connectivity index (χ4v) is 2.85. The maximum Gasteiger partial charge on any atom is 0.315 e. The molecular weight excluding hydrogens is 295 g/mol. The van der Waals surface area contributed by atoms with Gasteiger partial charge in [0.15, 0.2) is 0 Å². The van der Waals surface area contributed by atoms with Crippen LogP contribution in [-0.4, -0.2) is 37.6 Å². The van der Waals surface area contributed by atoms with E-state index in [1.165, 1.54) is 25.0 Å². The molecule has 0 saturated carbocycles. The molecule has 1 unspecified atom stereocenters. The molecule has 0 aromatic heterocycles. The zero-order chi connectivity index (χ0) is 16.7. The number of rotatable bonds is 4. The molecule has 0 radical (unpaired) electrons. The summed E-state index contributed by atoms with van der Waals surface area (Å²) in [7, 11) is 2.11. The van der Waals surface area contributed by atoms with Gasteiger partial charge in [0.05, 0.1) is 5.56 Å². The average molecular weight is 318 g/mol. The van der Waals surface area contributed by atoms with E-state index in [9.17, 15) is 9.18 Å². The quantitative estimate of drug-likeness (QED) is 0.894. The van der Waals surface area contributed by atoms with Crippen LogP contribution < -0.4 is 10.6 Å². The molecule has 1 atom stereocenters. The number of nitrogens with one attached hydrogen (secondary N) is 2. The summed E-state index contributed by atoms with van der Waals surface area (Å²) in [5.74, 6) is -0.0886. The lowest BCUT2D eigenvalue weighted by molar-refractivity contribution is 0.235. The lowest BCUT2D eigenvalue weighted by atomic mass is 10.0. The number of urea groups is 1. The van der Waals surface area contributed by atoms with Gasteiger partial charge in [0.25, 0.3) is 0 Å². The normalized spacial score (nSPS) is 18.7. The predicted octanol–water partition coefficient (Wildman–Crippen LogP) is 2.23. The molecular formula is C17H23FN4O. The van der Waals surface area contributed by atoms with E-state index in [4.69, 9.17) is 5.26 Å². The molecule has 1 aliphatic heterocycles. The number of amides is 2. The average Bonchev–Trinajstić information content (AvgIpc) is 2.75. The van der Waals surface area contributed by atoms with E-state index in [0.717, 1.165) is 19.5 Å². The topological polar surface area (TPSA) is 68.2 Å². The smallest absolute Gasteiger partial charge is 0.315 e. The zero-order valence-corrected chi connectivity index (χ0v) is 13.4. The van der Waals surface area contributed by atoms with Gasteiger partial charge < -0.3 is 15.5 Å². The summed E-state index contributed by atoms with van der Waals surface area (Å²) in [4.78, 5) is 14.2. The second-order valence-corrected chi connectivity index (χ2v) is 6.11. The molecule has 0 bridgehead atoms. The Balaban J connectivity index is 1.74. The van der Waals surface area contributed by atoms with Crippen LogP contribution in [0.25, 0.3) is 0 Å². The molecule has 1 heterocycles. The van der Waals surface area contributed by atoms with Crippen LogP contribution in [0.15, 0.2) is 18.2 Å². The predicted molar refractivity (Wildman–Crippen MR) is 86.2 cm³/mol. The van der Waals surface area contributed by atoms with Crippen LogP contribution in [-0.2, 0) is 6.54 Å². The first-order valence-corrected chi connectivity index (χ1v) is 7.97. The number of halogens is 1. The van der Waals surface area contributed by atoms with Crippen LogP contribution in [0.4, 0.5) is 9.18 Å². The van der Waals surface area contributed by atoms with Gasteiger partial charge in [-0.2, -0.15) is 5.26 Å². The van der Waals surface area contributed by atoms with Crippen molar-refractivity contribution in [1.82, 2.24) is 15.5 Å². The first kappa shape index (κ1) is 17.2. The van der Waals surface area contributed by atoms with Crippen LogP contribution in [0, 0.1) is 23.1 Å². The molecule has 6 heteroatoms. The number of nitriles is 1. The Hall–Kier alpha value is -2.13. The van der Waals surface area contributed by atoms with Crippen molar-refractivity contribution in [1.29, 1.82) is 5.26 Å². The summed E-state index contributed by atoms with van der Waals surface area (Å²) in [6.45, 7) is 3.00. The first-order valence-electron chi connectivity index (χ1n) is 7.97. The van der Waals surface area contributed by atoms with Gasteiger partial charge in [-0.15, -0.1) is 0 Å². The highest BCUT2D eigenvalue weighted by Gasteiger charge is 2.16. The third kappa shape index (κ3) is 5.53. The van der Waals surface area contributed by atoms with Gasteiger partial charge in [-0.25, -0.2) is 9.18 Å². The lowest BCUT2D eigenvalue weighted by Gasteiger charge is -2.20. The van der Waals surface area contributed by atoms with Crippen molar-refractivity contribution in [2.75, 3.05) is 26.7 Å². The second kappa shape index (κ2) is 8.49. The van der Waals surface area contributed by atoms with Crippen LogP contribution in [0.2, 0.25) is 0 Å². The largest absolute Gasteiger partial charge is 0.338 e. The van der Waals surface area contributed by atoms with Gasteiger partial charge in [0.1, 0.15) is 11.9 Å². The molecule has 1 aromatic carbocycles. The van der Waals surface area contributed by atoms with Gasteiger partial charge in [-0.05, 0) is 50.0 Å². The van der Waals surface area contributed by atoms with E-state index in [1.54, 1.807) is 12.1 Å². The molecule has 23 heavy (non-hydrogen) atoms. The van der Waals surface area contributed by atoms with Gasteiger partial charge >= 0.3 is 6.03 Å². The third-order valence-corrected chi connectivity index (χ3v) is 4.13. The van der Waals surface area contributed by atoms with E-state index in [-0.39, 0.29) is 18.1 Å². The summed E-state index contributed by atoms with van der Waals surface area (Å²) >= 11 is 0. The first-order chi connectivity index (χ1) is 11.1. The number of carbonyl (C=O) groups excluding carboxylic acids is 1. The molecule has 1 saturated heterocycles. The number of nitrogens with zero attached hydrogens (tertiary/aromatic N) is 2. The Kier molecular flexibility index (Phi) is 6.36. The van der Waals surface area contributed by atoms with E-state index in [0.29, 0.717) is 18.0 Å². The number of hydrogen-bond donors (Lipinski definition) is 2. The molecule has 1 aromatic rings. The summed E-state index contributed by atoms with van der Waals surface area (Å²) < 4.78 is 13.5. The van der Waals surface area contributed by atoms with Crippen LogP contribution in [0.1, 0.15) is 30.4 Å². The second-order valence-electron chi connectivity index (χ2n) is 6.11. The van der Waals surface area contributed by atoms with E-state index >= 15 is 0 Å². The molecule has 2 amide bonds. The summed E-state index contributed by atoms with van der Waals surface area (Å²) in [5, 5.41) is 14.3. The van der Waals surface area contributed by atoms with Crippen molar-refractivity contribution in [2.24, 2.45) is 5.92 Å². The third-order valence-electron chi connectivity index (χ3n) is 4.13. The highest BCUT2D eigenvalue weighted by Crippen LogP contribution is 2.14. The highest BCUT2D eigenvalue weighted by molar-refractivity contribution is 5.73. The van der Waals surface area contributed by atoms with Crippen molar-refractivity contribution >= 4 is 6.03 Å². The van der Waals surface area contributed by atoms with Crippen molar-refractivity contribution in [3.63, 3.8) is 0 Å². The Morgan fingerprint density at radius 2 is 2.26 bits per heavy atom. The number of benzene rings is 1. The van der Waals surface area contributed by atoms with Crippen LogP contribution in [0.5, 0.6) is 0 Å². The van der Waals surface area contributed by atoms with Crippen LogP contribution >= 0.6 is 0 Å². The summed E-state index contributed by atoms with van der Waals surface area (Å²) in [6, 6.07) is 5.87. The molecule has 2 rings (SSSR count). The molecule has 2 N–H and O–H groups in total. The van der Waals surface area contributed by atoms with Crippen molar-refractivity contribution in [2.45, 2.75) is 25.8 Å². The number of likely N-dealkylation sites (tertiary alicyclic amines) is 1. The molecule has 1 aliphatic rings. The Morgan fingerprint density at radius 1 is 1.43 bits per heavy atom. The standard InChI is InChI=1S/C17H23FN4O/c1-22-7-3-2-4-14(12-22)11-21-17(23)20-10-13-5-6-15(9-19)16(18)8-13/h5-6,8,14H,2-4,7,10-12H2,1H3,(H2,20,21,23). The minimum Gasteiger partial charge on any atom is -0.338 e. The summed E-state index contributed by atoms with van der Waals surface area (Å²) in [5.41, 5.74) is 0.640. The Bertz CT molecular complexity index is 584. The molecule has 1 fully saturated rings. The number of hydrogen-bond acceptors (Lipinski definition) is 3. The van der Waals surface area contributed by atoms with Gasteiger partial charge in [0.2, 0.25) is 0 Å². The van der Waals surface area contributed by atoms with E-state index in [2.05, 4.69) is 22.6 Å². The maximum atomic E-state index is 13.5. The molecule has 5 nitrogen and oxygen atoms in total. The fourth-order valence-electron chi connectivity index (χ4n) is 2.85. The maximum absolute atomic E-state index is 13.5.